The Bertz CT molecular complexity index is 1090. The van der Waals surface area contributed by atoms with Crippen molar-refractivity contribution in [2.24, 2.45) is 0 Å². The molecule has 1 N–H and O–H groups in total. The summed E-state index contributed by atoms with van der Waals surface area (Å²) in [6.45, 7) is 0.412. The summed E-state index contributed by atoms with van der Waals surface area (Å²) in [4.78, 5) is 8.13. The van der Waals surface area contributed by atoms with E-state index in [2.05, 4.69) is 30.8 Å². The zero-order valence-electron chi connectivity index (χ0n) is 14.3. The number of ether oxygens (including phenoxy) is 1. The maximum Gasteiger partial charge on any atom is 0.248 e. The minimum absolute atomic E-state index is 0.367. The van der Waals surface area contributed by atoms with Gasteiger partial charge in [0.15, 0.2) is 0 Å². The van der Waals surface area contributed by atoms with Crippen LogP contribution in [-0.2, 0) is 6.54 Å². The third-order valence-corrected chi connectivity index (χ3v) is 4.60. The summed E-state index contributed by atoms with van der Waals surface area (Å²) in [6.07, 6.45) is 4.70. The van der Waals surface area contributed by atoms with E-state index in [0.29, 0.717) is 39.9 Å². The number of hydrogen-bond donors (Lipinski definition) is 1. The normalized spacial score (nSPS) is 10.6. The lowest BCUT2D eigenvalue weighted by Crippen LogP contribution is -2.08. The maximum absolute atomic E-state index is 6.28. The number of para-hydroxylation sites is 1. The molecule has 10 heteroatoms. The van der Waals surface area contributed by atoms with Crippen LogP contribution in [-0.4, -0.2) is 30.2 Å². The molecule has 0 radical (unpaired) electrons. The van der Waals surface area contributed by atoms with Gasteiger partial charge in [0.05, 0.1) is 21.9 Å². The van der Waals surface area contributed by atoms with Crippen LogP contribution in [0.2, 0.25) is 10.0 Å². The molecule has 0 aliphatic heterocycles. The zero-order valence-corrected chi connectivity index (χ0v) is 15.8. The number of nitrogens with zero attached hydrogens (tertiary/aromatic N) is 6. The summed E-state index contributed by atoms with van der Waals surface area (Å²) in [5, 5.41) is 15.7. The highest BCUT2D eigenvalue weighted by Gasteiger charge is 2.14. The molecule has 0 saturated heterocycles. The first-order valence-electron chi connectivity index (χ1n) is 8.21. The van der Waals surface area contributed by atoms with E-state index in [1.165, 1.54) is 4.68 Å². The summed E-state index contributed by atoms with van der Waals surface area (Å²) in [6, 6.07) is 12.8. The SMILES string of the molecule is Clc1cccc(-n2nnnc2NCc2ccccc2Oc2cnccn2)c1Cl. The van der Waals surface area contributed by atoms with Crippen molar-refractivity contribution >= 4 is 29.2 Å². The van der Waals surface area contributed by atoms with Gasteiger partial charge >= 0.3 is 0 Å². The molecular weight excluding hydrogens is 401 g/mol. The minimum atomic E-state index is 0.367. The number of aromatic nitrogens is 6. The van der Waals surface area contributed by atoms with Crippen LogP contribution in [0.5, 0.6) is 11.6 Å². The van der Waals surface area contributed by atoms with Gasteiger partial charge in [0.25, 0.3) is 0 Å². The molecule has 4 rings (SSSR count). The number of rotatable bonds is 6. The van der Waals surface area contributed by atoms with Crippen molar-refractivity contribution in [1.82, 2.24) is 30.2 Å². The molecule has 0 fully saturated rings. The quantitative estimate of drug-likeness (QED) is 0.507. The second-order valence-corrected chi connectivity index (χ2v) is 6.38. The molecule has 0 aliphatic carbocycles. The summed E-state index contributed by atoms with van der Waals surface area (Å²) in [7, 11) is 0. The lowest BCUT2D eigenvalue weighted by atomic mass is 10.2. The summed E-state index contributed by atoms with van der Waals surface area (Å²) < 4.78 is 7.30. The van der Waals surface area contributed by atoms with Crippen LogP contribution in [0.4, 0.5) is 5.95 Å². The molecule has 28 heavy (non-hydrogen) atoms. The molecule has 0 spiro atoms. The number of halogens is 2. The van der Waals surface area contributed by atoms with Crippen LogP contribution in [0, 0.1) is 0 Å². The fourth-order valence-electron chi connectivity index (χ4n) is 2.49. The predicted octanol–water partition coefficient (Wildman–Crippen LogP) is 4.16. The maximum atomic E-state index is 6.28. The van der Waals surface area contributed by atoms with Crippen molar-refractivity contribution in [1.29, 1.82) is 0 Å². The van der Waals surface area contributed by atoms with Crippen LogP contribution in [0.1, 0.15) is 5.56 Å². The van der Waals surface area contributed by atoms with Crippen molar-refractivity contribution in [2.75, 3.05) is 5.32 Å². The molecule has 4 aromatic rings. The highest BCUT2D eigenvalue weighted by Crippen LogP contribution is 2.29. The Kier molecular flexibility index (Phi) is 5.31. The molecule has 0 saturated carbocycles. The smallest absolute Gasteiger partial charge is 0.248 e. The predicted molar refractivity (Wildman–Crippen MR) is 105 cm³/mol. The molecule has 0 amide bonds. The summed E-state index contributed by atoms with van der Waals surface area (Å²) >= 11 is 12.4. The topological polar surface area (TPSA) is 90.6 Å². The van der Waals surface area contributed by atoms with E-state index in [9.17, 15) is 0 Å². The van der Waals surface area contributed by atoms with Gasteiger partial charge in [-0.25, -0.2) is 4.98 Å². The van der Waals surface area contributed by atoms with Crippen molar-refractivity contribution in [3.05, 3.63) is 76.7 Å². The number of benzene rings is 2. The van der Waals surface area contributed by atoms with E-state index in [0.717, 1.165) is 5.56 Å². The number of nitrogens with one attached hydrogen (secondary N) is 1. The van der Waals surface area contributed by atoms with Crippen molar-refractivity contribution in [2.45, 2.75) is 6.54 Å². The number of hydrogen-bond acceptors (Lipinski definition) is 7. The van der Waals surface area contributed by atoms with Crippen LogP contribution >= 0.6 is 23.2 Å². The van der Waals surface area contributed by atoms with Crippen LogP contribution in [0.25, 0.3) is 5.69 Å². The third-order valence-electron chi connectivity index (χ3n) is 3.79. The molecule has 0 unspecified atom stereocenters. The summed E-state index contributed by atoms with van der Waals surface area (Å²) in [5.41, 5.74) is 1.46. The standard InChI is InChI=1S/C18H13Cl2N7O/c19-13-5-3-6-14(17(13)20)27-18(24-25-26-27)23-10-12-4-1-2-7-15(12)28-16-11-21-8-9-22-16/h1-9,11H,10H2,(H,23,24,26). The van der Waals surface area contributed by atoms with Crippen molar-refractivity contribution < 1.29 is 4.74 Å². The van der Waals surface area contributed by atoms with E-state index in [-0.39, 0.29) is 0 Å². The molecule has 8 nitrogen and oxygen atoms in total. The monoisotopic (exact) mass is 413 g/mol. The second-order valence-electron chi connectivity index (χ2n) is 5.59. The fourth-order valence-corrected chi connectivity index (χ4v) is 2.87. The van der Waals surface area contributed by atoms with E-state index in [4.69, 9.17) is 27.9 Å². The third kappa shape index (κ3) is 3.88. The van der Waals surface area contributed by atoms with E-state index in [1.54, 1.807) is 36.8 Å². The lowest BCUT2D eigenvalue weighted by Gasteiger charge is -2.12. The van der Waals surface area contributed by atoms with Gasteiger partial charge < -0.3 is 10.1 Å². The first-order valence-corrected chi connectivity index (χ1v) is 8.96. The van der Waals surface area contributed by atoms with Gasteiger partial charge in [0, 0.05) is 24.5 Å². The zero-order chi connectivity index (χ0) is 19.3. The second kappa shape index (κ2) is 8.20. The van der Waals surface area contributed by atoms with Gasteiger partial charge in [-0.2, -0.15) is 4.68 Å². The average Bonchev–Trinajstić information content (AvgIpc) is 3.18. The number of anilines is 1. The molecule has 140 valence electrons. The molecule has 0 atom stereocenters. The molecule has 0 aliphatic rings. The van der Waals surface area contributed by atoms with Crippen molar-refractivity contribution in [3.63, 3.8) is 0 Å². The molecule has 2 heterocycles. The fraction of sp³-hybridized carbons (Fsp3) is 0.0556. The largest absolute Gasteiger partial charge is 0.437 e. The minimum Gasteiger partial charge on any atom is -0.437 e. The van der Waals surface area contributed by atoms with E-state index >= 15 is 0 Å². The van der Waals surface area contributed by atoms with Crippen LogP contribution < -0.4 is 10.1 Å². The molecular formula is C18H13Cl2N7O. The Hall–Kier alpha value is -3.23. The summed E-state index contributed by atoms with van der Waals surface area (Å²) in [5.74, 6) is 1.47. The first kappa shape index (κ1) is 18.1. The van der Waals surface area contributed by atoms with Gasteiger partial charge in [0.2, 0.25) is 11.8 Å². The Labute approximate surface area is 170 Å². The van der Waals surface area contributed by atoms with Gasteiger partial charge in [0.1, 0.15) is 5.75 Å². The first-order chi connectivity index (χ1) is 13.7. The Morgan fingerprint density at radius 3 is 2.79 bits per heavy atom. The van der Waals surface area contributed by atoms with Gasteiger partial charge in [-0.05, 0) is 28.6 Å². The molecule has 0 bridgehead atoms. The molecule has 2 aromatic heterocycles. The lowest BCUT2D eigenvalue weighted by molar-refractivity contribution is 0.455. The van der Waals surface area contributed by atoms with E-state index < -0.39 is 0 Å². The Morgan fingerprint density at radius 2 is 1.93 bits per heavy atom. The van der Waals surface area contributed by atoms with Gasteiger partial charge in [-0.3, -0.25) is 4.98 Å². The molecule has 2 aromatic carbocycles. The van der Waals surface area contributed by atoms with Gasteiger partial charge in [-0.15, -0.1) is 0 Å². The van der Waals surface area contributed by atoms with Gasteiger partial charge in [-0.1, -0.05) is 52.6 Å². The van der Waals surface area contributed by atoms with E-state index in [1.807, 2.05) is 24.3 Å². The van der Waals surface area contributed by atoms with Crippen molar-refractivity contribution in [3.8, 4) is 17.3 Å². The van der Waals surface area contributed by atoms with Crippen LogP contribution in [0.15, 0.2) is 61.1 Å². The highest BCUT2D eigenvalue weighted by atomic mass is 35.5. The number of tetrazole rings is 1. The average molecular weight is 414 g/mol. The Morgan fingerprint density at radius 1 is 1.04 bits per heavy atom. The highest BCUT2D eigenvalue weighted by molar-refractivity contribution is 6.43. The Balaban J connectivity index is 1.55. The van der Waals surface area contributed by atoms with Crippen LogP contribution in [0.3, 0.4) is 0 Å².